The van der Waals surface area contributed by atoms with Gasteiger partial charge in [-0.2, -0.15) is 13.2 Å². The van der Waals surface area contributed by atoms with E-state index in [1.165, 1.54) is 36.5 Å². The second kappa shape index (κ2) is 7.35. The summed E-state index contributed by atoms with van der Waals surface area (Å²) in [4.78, 5) is 20.6. The van der Waals surface area contributed by atoms with Crippen molar-refractivity contribution in [1.29, 1.82) is 0 Å². The Morgan fingerprint density at radius 3 is 2.34 bits per heavy atom. The Kier molecular flexibility index (Phi) is 4.72. The Morgan fingerprint density at radius 1 is 0.862 bits per heavy atom. The van der Waals surface area contributed by atoms with Crippen LogP contribution >= 0.6 is 0 Å². The molecule has 144 valence electrons. The highest BCUT2D eigenvalue weighted by atomic mass is 19.4. The molecule has 4 aromatic rings. The van der Waals surface area contributed by atoms with Gasteiger partial charge in [-0.15, -0.1) is 0 Å². The molecule has 0 fully saturated rings. The first-order chi connectivity index (χ1) is 13.9. The maximum atomic E-state index is 13.2. The predicted octanol–water partition coefficient (Wildman–Crippen LogP) is 5.57. The van der Waals surface area contributed by atoms with E-state index in [0.29, 0.717) is 11.3 Å². The maximum absolute atomic E-state index is 13.2. The molecule has 1 amide bonds. The quantitative estimate of drug-likeness (QED) is 0.495. The molecule has 0 aliphatic carbocycles. The molecule has 7 heteroatoms. The first-order valence-corrected chi connectivity index (χ1v) is 8.70. The SMILES string of the molecule is O=C(Nc1ccc2cccnc2c1)c1ccc(-c2ncccc2C(F)(F)F)cc1. The highest BCUT2D eigenvalue weighted by molar-refractivity contribution is 6.05. The highest BCUT2D eigenvalue weighted by Crippen LogP contribution is 2.35. The van der Waals surface area contributed by atoms with Crippen LogP contribution in [-0.4, -0.2) is 15.9 Å². The van der Waals surface area contributed by atoms with Crippen LogP contribution < -0.4 is 5.32 Å². The first kappa shape index (κ1) is 18.6. The van der Waals surface area contributed by atoms with Crippen LogP contribution in [0.25, 0.3) is 22.2 Å². The van der Waals surface area contributed by atoms with Gasteiger partial charge >= 0.3 is 6.18 Å². The fraction of sp³-hybridized carbons (Fsp3) is 0.0455. The number of nitrogens with zero attached hydrogens (tertiary/aromatic N) is 2. The van der Waals surface area contributed by atoms with Crippen molar-refractivity contribution in [3.63, 3.8) is 0 Å². The molecular weight excluding hydrogens is 379 g/mol. The van der Waals surface area contributed by atoms with E-state index < -0.39 is 11.7 Å². The maximum Gasteiger partial charge on any atom is 0.418 e. The number of carbonyl (C=O) groups excluding carboxylic acids is 1. The van der Waals surface area contributed by atoms with Gasteiger partial charge < -0.3 is 5.32 Å². The van der Waals surface area contributed by atoms with Crippen LogP contribution in [-0.2, 0) is 6.18 Å². The summed E-state index contributed by atoms with van der Waals surface area (Å²) < 4.78 is 39.6. The van der Waals surface area contributed by atoms with Crippen molar-refractivity contribution in [2.45, 2.75) is 6.18 Å². The minimum atomic E-state index is -4.51. The van der Waals surface area contributed by atoms with Crippen LogP contribution in [0, 0.1) is 0 Å². The van der Waals surface area contributed by atoms with Gasteiger partial charge in [-0.3, -0.25) is 14.8 Å². The number of nitrogens with one attached hydrogen (secondary N) is 1. The normalized spacial score (nSPS) is 11.4. The van der Waals surface area contributed by atoms with Crippen LogP contribution in [0.1, 0.15) is 15.9 Å². The molecule has 0 spiro atoms. The number of hydrogen-bond acceptors (Lipinski definition) is 3. The third-order valence-electron chi connectivity index (χ3n) is 4.40. The Hall–Kier alpha value is -3.74. The van der Waals surface area contributed by atoms with Crippen molar-refractivity contribution in [1.82, 2.24) is 9.97 Å². The molecule has 0 aliphatic rings. The Morgan fingerprint density at radius 2 is 1.59 bits per heavy atom. The van der Waals surface area contributed by atoms with Gasteiger partial charge in [0.1, 0.15) is 0 Å². The number of aromatic nitrogens is 2. The van der Waals surface area contributed by atoms with Gasteiger partial charge in [-0.25, -0.2) is 0 Å². The van der Waals surface area contributed by atoms with Gasteiger partial charge in [0.25, 0.3) is 5.91 Å². The number of amides is 1. The third kappa shape index (κ3) is 3.94. The summed E-state index contributed by atoms with van der Waals surface area (Å²) in [5.41, 5.74) is 0.932. The first-order valence-electron chi connectivity index (χ1n) is 8.70. The van der Waals surface area contributed by atoms with Crippen molar-refractivity contribution in [2.75, 3.05) is 5.32 Å². The van der Waals surface area contributed by atoms with Gasteiger partial charge in [-0.1, -0.05) is 24.3 Å². The molecule has 2 aromatic carbocycles. The van der Waals surface area contributed by atoms with Gasteiger partial charge in [0.15, 0.2) is 0 Å². The summed E-state index contributed by atoms with van der Waals surface area (Å²) in [7, 11) is 0. The van der Waals surface area contributed by atoms with Crippen molar-refractivity contribution in [2.24, 2.45) is 0 Å². The van der Waals surface area contributed by atoms with Crippen molar-refractivity contribution >= 4 is 22.5 Å². The van der Waals surface area contributed by atoms with E-state index in [0.717, 1.165) is 17.0 Å². The van der Waals surface area contributed by atoms with E-state index in [-0.39, 0.29) is 17.2 Å². The molecule has 0 aliphatic heterocycles. The minimum absolute atomic E-state index is 0.174. The molecule has 29 heavy (non-hydrogen) atoms. The summed E-state index contributed by atoms with van der Waals surface area (Å²) in [6.07, 6.45) is -1.54. The van der Waals surface area contributed by atoms with Gasteiger partial charge in [0, 0.05) is 34.6 Å². The lowest BCUT2D eigenvalue weighted by Crippen LogP contribution is -2.12. The van der Waals surface area contributed by atoms with E-state index in [9.17, 15) is 18.0 Å². The minimum Gasteiger partial charge on any atom is -0.322 e. The number of anilines is 1. The summed E-state index contributed by atoms with van der Waals surface area (Å²) in [5.74, 6) is -0.371. The zero-order valence-electron chi connectivity index (χ0n) is 14.9. The average Bonchev–Trinajstić information content (AvgIpc) is 2.73. The van der Waals surface area contributed by atoms with Crippen molar-refractivity contribution in [3.05, 3.63) is 90.3 Å². The molecule has 0 saturated heterocycles. The van der Waals surface area contributed by atoms with E-state index in [4.69, 9.17) is 0 Å². The van der Waals surface area contributed by atoms with Gasteiger partial charge in [0.2, 0.25) is 0 Å². The lowest BCUT2D eigenvalue weighted by Gasteiger charge is -2.12. The van der Waals surface area contributed by atoms with Gasteiger partial charge in [-0.05, 0) is 42.5 Å². The molecule has 0 atom stereocenters. The Balaban J connectivity index is 1.57. The molecule has 0 bridgehead atoms. The summed E-state index contributed by atoms with van der Waals surface area (Å²) in [5, 5.41) is 3.72. The second-order valence-corrected chi connectivity index (χ2v) is 6.34. The van der Waals surface area contributed by atoms with E-state index in [1.54, 1.807) is 18.3 Å². The molecule has 4 rings (SSSR count). The number of carbonyl (C=O) groups is 1. The zero-order chi connectivity index (χ0) is 20.4. The molecular formula is C22H14F3N3O. The Bertz CT molecular complexity index is 1190. The van der Waals surface area contributed by atoms with Crippen LogP contribution in [0.15, 0.2) is 79.1 Å². The van der Waals surface area contributed by atoms with Crippen molar-refractivity contribution < 1.29 is 18.0 Å². The third-order valence-corrected chi connectivity index (χ3v) is 4.40. The number of pyridine rings is 2. The van der Waals surface area contributed by atoms with Crippen LogP contribution in [0.4, 0.5) is 18.9 Å². The lowest BCUT2D eigenvalue weighted by atomic mass is 10.0. The molecule has 0 unspecified atom stereocenters. The van der Waals surface area contributed by atoms with Crippen molar-refractivity contribution in [3.8, 4) is 11.3 Å². The monoisotopic (exact) mass is 393 g/mol. The number of benzene rings is 2. The van der Waals surface area contributed by atoms with E-state index >= 15 is 0 Å². The smallest absolute Gasteiger partial charge is 0.322 e. The molecule has 1 N–H and O–H groups in total. The molecule has 0 radical (unpaired) electrons. The zero-order valence-corrected chi connectivity index (χ0v) is 14.9. The molecule has 0 saturated carbocycles. The largest absolute Gasteiger partial charge is 0.418 e. The fourth-order valence-electron chi connectivity index (χ4n) is 2.99. The number of hydrogen-bond donors (Lipinski definition) is 1. The second-order valence-electron chi connectivity index (χ2n) is 6.34. The lowest BCUT2D eigenvalue weighted by molar-refractivity contribution is -0.137. The number of fused-ring (bicyclic) bond motifs is 1. The van der Waals surface area contributed by atoms with Crippen LogP contribution in [0.2, 0.25) is 0 Å². The number of rotatable bonds is 3. The van der Waals surface area contributed by atoms with E-state index in [2.05, 4.69) is 15.3 Å². The van der Waals surface area contributed by atoms with E-state index in [1.807, 2.05) is 18.2 Å². The molecule has 4 nitrogen and oxygen atoms in total. The summed E-state index contributed by atoms with van der Waals surface area (Å²) in [6, 6.07) is 17.2. The topological polar surface area (TPSA) is 54.9 Å². The van der Waals surface area contributed by atoms with Crippen LogP contribution in [0.5, 0.6) is 0 Å². The summed E-state index contributed by atoms with van der Waals surface area (Å²) in [6.45, 7) is 0. The van der Waals surface area contributed by atoms with Crippen LogP contribution in [0.3, 0.4) is 0 Å². The molecule has 2 aromatic heterocycles. The summed E-state index contributed by atoms with van der Waals surface area (Å²) >= 11 is 0. The predicted molar refractivity (Wildman–Crippen MR) is 104 cm³/mol. The number of alkyl halides is 3. The standard InChI is InChI=1S/C22H14F3N3O/c23-22(24,25)18-4-2-12-27-20(18)15-5-7-16(8-6-15)21(29)28-17-10-9-14-3-1-11-26-19(14)13-17/h1-13H,(H,28,29). The Labute approximate surface area is 164 Å². The number of halogens is 3. The molecule has 2 heterocycles. The highest BCUT2D eigenvalue weighted by Gasteiger charge is 2.34. The van der Waals surface area contributed by atoms with Gasteiger partial charge in [0.05, 0.1) is 16.8 Å². The average molecular weight is 393 g/mol. The fourth-order valence-corrected chi connectivity index (χ4v) is 2.99.